The number of aromatic nitrogens is 3. The fraction of sp³-hybridized carbons (Fsp3) is 0.457. The highest BCUT2D eigenvalue weighted by Gasteiger charge is 2.35. The second kappa shape index (κ2) is 12.8. The number of urea groups is 1. The van der Waals surface area contributed by atoms with Crippen LogP contribution in [-0.2, 0) is 19.3 Å². The molecule has 1 atom stereocenters. The maximum atomic E-state index is 14.2. The molecular formula is C35H40F3N7O2. The summed E-state index contributed by atoms with van der Waals surface area (Å²) in [6.45, 7) is 9.08. The summed E-state index contributed by atoms with van der Waals surface area (Å²) in [5.74, 6) is 1.75. The van der Waals surface area contributed by atoms with E-state index in [0.29, 0.717) is 24.0 Å². The van der Waals surface area contributed by atoms with Crippen molar-refractivity contribution < 1.29 is 22.7 Å². The maximum Gasteiger partial charge on any atom is 0.416 e. The summed E-state index contributed by atoms with van der Waals surface area (Å²) in [6.07, 6.45) is 1.98. The number of benzene rings is 1. The van der Waals surface area contributed by atoms with Crippen molar-refractivity contribution in [2.75, 3.05) is 44.6 Å². The van der Waals surface area contributed by atoms with E-state index in [1.807, 2.05) is 19.1 Å². The molecule has 1 saturated heterocycles. The normalized spacial score (nSPS) is 19.2. The zero-order valence-electron chi connectivity index (χ0n) is 26.7. The SMILES string of the molecule is CC[C@@H]1CN(C(=O)Nc2ccc(CN3CCN(CC)CC3)c(C(F)(F)F)c2)Cc2cc(Oc3ccnc4[nH]c(C5CC5)cc34)cnc21. The molecule has 0 spiro atoms. The van der Waals surface area contributed by atoms with Gasteiger partial charge in [0.05, 0.1) is 22.8 Å². The topological polar surface area (TPSA) is 89.6 Å². The Hall–Kier alpha value is -4.16. The first-order valence-electron chi connectivity index (χ1n) is 16.5. The van der Waals surface area contributed by atoms with Crippen molar-refractivity contribution in [3.8, 4) is 11.5 Å². The van der Waals surface area contributed by atoms with Crippen molar-refractivity contribution in [1.82, 2.24) is 29.7 Å². The van der Waals surface area contributed by atoms with Crippen LogP contribution in [0.4, 0.5) is 23.7 Å². The predicted octanol–water partition coefficient (Wildman–Crippen LogP) is 7.33. The minimum Gasteiger partial charge on any atom is -0.455 e. The minimum atomic E-state index is -4.54. The van der Waals surface area contributed by atoms with Crippen LogP contribution in [0.2, 0.25) is 0 Å². The molecule has 4 aromatic rings. The number of nitrogens with zero attached hydrogens (tertiary/aromatic N) is 5. The number of anilines is 1. The highest BCUT2D eigenvalue weighted by Crippen LogP contribution is 2.42. The van der Waals surface area contributed by atoms with Crippen molar-refractivity contribution in [2.24, 2.45) is 0 Å². The van der Waals surface area contributed by atoms with Gasteiger partial charge in [0, 0.05) is 69.3 Å². The Morgan fingerprint density at radius 3 is 2.55 bits per heavy atom. The molecule has 0 unspecified atom stereocenters. The van der Waals surface area contributed by atoms with Gasteiger partial charge in [-0.2, -0.15) is 13.2 Å². The summed E-state index contributed by atoms with van der Waals surface area (Å²) in [4.78, 5) is 32.1. The van der Waals surface area contributed by atoms with E-state index in [9.17, 15) is 18.0 Å². The molecule has 1 aliphatic carbocycles. The summed E-state index contributed by atoms with van der Waals surface area (Å²) in [5.41, 5.74) is 3.32. The lowest BCUT2D eigenvalue weighted by Crippen LogP contribution is -2.45. The zero-order valence-corrected chi connectivity index (χ0v) is 26.7. The molecule has 2 aliphatic heterocycles. The van der Waals surface area contributed by atoms with Gasteiger partial charge in [-0.05, 0) is 73.2 Å². The summed E-state index contributed by atoms with van der Waals surface area (Å²) in [7, 11) is 0. The van der Waals surface area contributed by atoms with Gasteiger partial charge in [-0.25, -0.2) is 9.78 Å². The molecule has 47 heavy (non-hydrogen) atoms. The average Bonchev–Trinajstić information content (AvgIpc) is 3.83. The van der Waals surface area contributed by atoms with E-state index in [4.69, 9.17) is 9.72 Å². The Bertz CT molecular complexity index is 1760. The number of halogens is 3. The van der Waals surface area contributed by atoms with Crippen LogP contribution in [0.25, 0.3) is 11.0 Å². The lowest BCUT2D eigenvalue weighted by molar-refractivity contribution is -0.138. The van der Waals surface area contributed by atoms with E-state index >= 15 is 0 Å². The molecule has 0 radical (unpaired) electrons. The van der Waals surface area contributed by atoms with Gasteiger partial charge in [0.25, 0.3) is 0 Å². The van der Waals surface area contributed by atoms with Crippen molar-refractivity contribution >= 4 is 22.8 Å². The number of H-pyrrole nitrogens is 1. The number of fused-ring (bicyclic) bond motifs is 2. The second-order valence-corrected chi connectivity index (χ2v) is 12.9. The molecule has 2 N–H and O–H groups in total. The Kier molecular flexibility index (Phi) is 8.56. The molecule has 1 aromatic carbocycles. The predicted molar refractivity (Wildman–Crippen MR) is 174 cm³/mol. The average molecular weight is 648 g/mol. The van der Waals surface area contributed by atoms with Gasteiger partial charge < -0.3 is 24.8 Å². The van der Waals surface area contributed by atoms with Gasteiger partial charge in [0.1, 0.15) is 17.1 Å². The van der Waals surface area contributed by atoms with Crippen molar-refractivity contribution in [1.29, 1.82) is 0 Å². The van der Waals surface area contributed by atoms with E-state index in [1.54, 1.807) is 23.4 Å². The van der Waals surface area contributed by atoms with Gasteiger partial charge in [-0.3, -0.25) is 9.88 Å². The molecule has 0 bridgehead atoms. The van der Waals surface area contributed by atoms with Crippen LogP contribution in [0.1, 0.15) is 73.0 Å². The molecule has 9 nitrogen and oxygen atoms in total. The molecule has 3 aromatic heterocycles. The number of aromatic amines is 1. The minimum absolute atomic E-state index is 0.0155. The van der Waals surface area contributed by atoms with Gasteiger partial charge in [-0.15, -0.1) is 0 Å². The molecule has 5 heterocycles. The van der Waals surface area contributed by atoms with Crippen LogP contribution in [0.3, 0.4) is 0 Å². The first-order chi connectivity index (χ1) is 22.7. The summed E-state index contributed by atoms with van der Waals surface area (Å²) < 4.78 is 48.9. The van der Waals surface area contributed by atoms with Crippen LogP contribution in [0.15, 0.2) is 48.8 Å². The third-order valence-electron chi connectivity index (χ3n) is 9.68. The van der Waals surface area contributed by atoms with Crippen LogP contribution >= 0.6 is 0 Å². The van der Waals surface area contributed by atoms with Crippen molar-refractivity contribution in [3.63, 3.8) is 0 Å². The van der Waals surface area contributed by atoms with Gasteiger partial charge in [0.2, 0.25) is 0 Å². The number of pyridine rings is 2. The summed E-state index contributed by atoms with van der Waals surface area (Å²) >= 11 is 0. The number of hydrogen-bond acceptors (Lipinski definition) is 6. The Morgan fingerprint density at radius 2 is 1.83 bits per heavy atom. The third kappa shape index (κ3) is 6.80. The number of carbonyl (C=O) groups excluding carboxylic acids is 1. The smallest absolute Gasteiger partial charge is 0.416 e. The number of piperazine rings is 1. The standard InChI is InChI=1S/C35H40F3N7O2/c1-3-22-20-45(34(46)41-26-8-7-24(29(16-26)35(36,37)38)19-44-13-11-43(4-2)12-14-44)21-25-15-27(18-40-32(22)25)47-31-9-10-39-33-28(31)17-30(42-33)23-5-6-23/h7-10,15-18,22-23H,3-6,11-14,19-21H2,1-2H3,(H,39,42)(H,41,46)/t22-/m1/s1. The van der Waals surface area contributed by atoms with E-state index in [0.717, 1.165) is 67.5 Å². The fourth-order valence-corrected chi connectivity index (χ4v) is 6.77. The van der Waals surface area contributed by atoms with E-state index in [-0.39, 0.29) is 30.3 Å². The molecule has 7 rings (SSSR count). The lowest BCUT2D eigenvalue weighted by Gasteiger charge is -2.34. The number of rotatable bonds is 8. The highest BCUT2D eigenvalue weighted by atomic mass is 19.4. The quantitative estimate of drug-likeness (QED) is 0.208. The van der Waals surface area contributed by atoms with E-state index in [1.165, 1.54) is 24.6 Å². The van der Waals surface area contributed by atoms with E-state index in [2.05, 4.69) is 38.1 Å². The summed E-state index contributed by atoms with van der Waals surface area (Å²) in [6, 6.07) is 9.50. The number of alkyl halides is 3. The van der Waals surface area contributed by atoms with Gasteiger partial charge in [-0.1, -0.05) is 19.9 Å². The van der Waals surface area contributed by atoms with Crippen LogP contribution in [0, 0.1) is 0 Å². The Morgan fingerprint density at radius 1 is 1.04 bits per heavy atom. The molecular weight excluding hydrogens is 607 g/mol. The highest BCUT2D eigenvalue weighted by molar-refractivity contribution is 5.89. The maximum absolute atomic E-state index is 14.2. The number of nitrogens with one attached hydrogen (secondary N) is 2. The first kappa shape index (κ1) is 31.4. The fourth-order valence-electron chi connectivity index (χ4n) is 6.77. The van der Waals surface area contributed by atoms with Crippen LogP contribution in [0.5, 0.6) is 11.5 Å². The molecule has 248 valence electrons. The molecule has 2 fully saturated rings. The van der Waals surface area contributed by atoms with Gasteiger partial charge >= 0.3 is 12.2 Å². The summed E-state index contributed by atoms with van der Waals surface area (Å²) in [5, 5.41) is 3.64. The monoisotopic (exact) mass is 647 g/mol. The number of carbonyl (C=O) groups is 1. The first-order valence-corrected chi connectivity index (χ1v) is 16.5. The molecule has 2 amide bonds. The number of ether oxygens (including phenoxy) is 1. The number of likely N-dealkylation sites (N-methyl/N-ethyl adjacent to an activating group) is 1. The number of hydrogen-bond donors (Lipinski definition) is 2. The van der Waals surface area contributed by atoms with Crippen molar-refractivity contribution in [3.05, 3.63) is 76.9 Å². The number of amides is 2. The van der Waals surface area contributed by atoms with Gasteiger partial charge in [0.15, 0.2) is 0 Å². The van der Waals surface area contributed by atoms with Crippen LogP contribution in [-0.4, -0.2) is 75.0 Å². The van der Waals surface area contributed by atoms with Crippen molar-refractivity contribution in [2.45, 2.75) is 64.2 Å². The Labute approximate surface area is 272 Å². The molecule has 1 saturated carbocycles. The largest absolute Gasteiger partial charge is 0.455 e. The van der Waals surface area contributed by atoms with Crippen LogP contribution < -0.4 is 10.1 Å². The third-order valence-corrected chi connectivity index (χ3v) is 9.68. The Balaban J connectivity index is 1.07. The van der Waals surface area contributed by atoms with E-state index < -0.39 is 17.8 Å². The zero-order chi connectivity index (χ0) is 32.7. The molecule has 12 heteroatoms. The second-order valence-electron chi connectivity index (χ2n) is 12.9. The molecule has 3 aliphatic rings. The lowest BCUT2D eigenvalue weighted by atomic mass is 9.92.